The Kier molecular flexibility index (Phi) is 3.40. The van der Waals surface area contributed by atoms with E-state index in [0.29, 0.717) is 0 Å². The second kappa shape index (κ2) is 3.17. The van der Waals surface area contributed by atoms with Crippen LogP contribution in [0, 0.1) is 0 Å². The van der Waals surface area contributed by atoms with Gasteiger partial charge in [0.1, 0.15) is 0 Å². The molecule has 0 fully saturated rings. The minimum absolute atomic E-state index is 2.18. The molecule has 0 saturated carbocycles. The Hall–Kier alpha value is 0.660. The van der Waals surface area contributed by atoms with E-state index in [0.717, 1.165) is 0 Å². The van der Waals surface area contributed by atoms with Crippen LogP contribution in [0.3, 0.4) is 0 Å². The molecule has 0 radical (unpaired) electrons. The van der Waals surface area contributed by atoms with Gasteiger partial charge in [0.25, 0.3) is 0 Å². The highest BCUT2D eigenvalue weighted by molar-refractivity contribution is 6.35. The van der Waals surface area contributed by atoms with Crippen molar-refractivity contribution >= 4 is 34.8 Å². The molecule has 6 heteroatoms. The minimum atomic E-state index is -3.79. The van der Waals surface area contributed by atoms with Crippen molar-refractivity contribution in [2.24, 2.45) is 0 Å². The van der Waals surface area contributed by atoms with Crippen LogP contribution in [0.25, 0.3) is 0 Å². The van der Waals surface area contributed by atoms with Crippen LogP contribution < -0.4 is 0 Å². The van der Waals surface area contributed by atoms with Gasteiger partial charge in [0.2, 0.25) is 0 Å². The molecule has 0 aromatic carbocycles. The molecule has 2 atom stereocenters. The molecule has 9 heavy (non-hydrogen) atoms. The van der Waals surface area contributed by atoms with E-state index in [-0.39, 0.29) is 0 Å². The van der Waals surface area contributed by atoms with Gasteiger partial charge in [0, 0.05) is 0 Å². The molecule has 0 heterocycles. The molecular formula is C3H2Cl3F3. The lowest BCUT2D eigenvalue weighted by Gasteiger charge is -2.13. The third-order valence-electron chi connectivity index (χ3n) is 0.534. The number of hydrogen-bond acceptors (Lipinski definition) is 0. The van der Waals surface area contributed by atoms with E-state index >= 15 is 0 Å². The normalized spacial score (nSPS) is 19.3. The van der Waals surface area contributed by atoms with E-state index in [1.54, 1.807) is 0 Å². The second-order valence-electron chi connectivity index (χ2n) is 1.28. The van der Waals surface area contributed by atoms with Gasteiger partial charge in [-0.05, 0) is 11.6 Å². The molecule has 0 aromatic heterocycles. The van der Waals surface area contributed by atoms with Gasteiger partial charge < -0.3 is 0 Å². The smallest absolute Gasteiger partial charge is 0.228 e. The Morgan fingerprint density at radius 1 is 1.22 bits per heavy atom. The molecule has 0 aromatic rings. The predicted molar refractivity (Wildman–Crippen MR) is 31.2 cm³/mol. The van der Waals surface area contributed by atoms with Gasteiger partial charge in [-0.25, -0.2) is 4.39 Å². The van der Waals surface area contributed by atoms with E-state index in [4.69, 9.17) is 11.6 Å². The number of hydrogen-bond donors (Lipinski definition) is 0. The van der Waals surface area contributed by atoms with Gasteiger partial charge in [-0.15, -0.1) is 11.6 Å². The fourth-order valence-electron chi connectivity index (χ4n) is 0.143. The monoisotopic (exact) mass is 200 g/mol. The van der Waals surface area contributed by atoms with Gasteiger partial charge in [-0.2, -0.15) is 8.78 Å². The summed E-state index contributed by atoms with van der Waals surface area (Å²) in [5.74, 6) is 0. The van der Waals surface area contributed by atoms with Crippen molar-refractivity contribution < 1.29 is 13.2 Å². The zero-order chi connectivity index (χ0) is 7.65. The van der Waals surface area contributed by atoms with Gasteiger partial charge in [0.05, 0.1) is 0 Å². The molecule has 0 nitrogen and oxygen atoms in total. The summed E-state index contributed by atoms with van der Waals surface area (Å²) in [5, 5.41) is -5.97. The van der Waals surface area contributed by atoms with Crippen LogP contribution in [0.15, 0.2) is 0 Å². The summed E-state index contributed by atoms with van der Waals surface area (Å²) in [6.45, 7) is 0. The summed E-state index contributed by atoms with van der Waals surface area (Å²) in [6.07, 6.45) is 0. The van der Waals surface area contributed by atoms with Crippen molar-refractivity contribution in [3.05, 3.63) is 0 Å². The summed E-state index contributed by atoms with van der Waals surface area (Å²) in [4.78, 5) is 0. The standard InChI is InChI=1S/C3H2Cl3F3/c4-1(2(5)7)3(6,8)9/h1-2H. The number of alkyl halides is 6. The van der Waals surface area contributed by atoms with Gasteiger partial charge in [-0.3, -0.25) is 0 Å². The van der Waals surface area contributed by atoms with Crippen molar-refractivity contribution in [3.63, 3.8) is 0 Å². The average molecular weight is 201 g/mol. The fraction of sp³-hybridized carbons (Fsp3) is 1.00. The first-order valence-corrected chi connectivity index (χ1v) is 3.09. The lowest BCUT2D eigenvalue weighted by atomic mass is 10.5. The lowest BCUT2D eigenvalue weighted by Crippen LogP contribution is -2.28. The van der Waals surface area contributed by atoms with Crippen molar-refractivity contribution in [2.45, 2.75) is 16.4 Å². The van der Waals surface area contributed by atoms with Crippen LogP contribution >= 0.6 is 34.8 Å². The van der Waals surface area contributed by atoms with Crippen LogP contribution in [0.5, 0.6) is 0 Å². The maximum Gasteiger partial charge on any atom is 0.341 e. The van der Waals surface area contributed by atoms with Crippen molar-refractivity contribution in [2.75, 3.05) is 0 Å². The first-order valence-electron chi connectivity index (χ1n) is 1.84. The van der Waals surface area contributed by atoms with Crippen molar-refractivity contribution in [1.29, 1.82) is 0 Å². The van der Waals surface area contributed by atoms with Crippen LogP contribution in [-0.4, -0.2) is 16.4 Å². The van der Waals surface area contributed by atoms with E-state index in [9.17, 15) is 13.2 Å². The maximum atomic E-state index is 11.7. The molecule has 0 saturated heterocycles. The molecule has 0 aliphatic heterocycles. The summed E-state index contributed by atoms with van der Waals surface area (Å²) >= 11 is 13.5. The summed E-state index contributed by atoms with van der Waals surface area (Å²) < 4.78 is 35.0. The third kappa shape index (κ3) is 3.38. The quantitative estimate of drug-likeness (QED) is 0.603. The SMILES string of the molecule is FC(Cl)C(Cl)C(F)(F)Cl. The third-order valence-corrected chi connectivity index (χ3v) is 1.76. The van der Waals surface area contributed by atoms with E-state index in [1.807, 2.05) is 0 Å². The van der Waals surface area contributed by atoms with Crippen LogP contribution in [-0.2, 0) is 0 Å². The lowest BCUT2D eigenvalue weighted by molar-refractivity contribution is 0.0760. The Morgan fingerprint density at radius 3 is 1.56 bits per heavy atom. The molecule has 0 amide bonds. The molecule has 56 valence electrons. The summed E-state index contributed by atoms with van der Waals surface area (Å²) in [7, 11) is 0. The number of halogens is 6. The van der Waals surface area contributed by atoms with E-state index in [2.05, 4.69) is 23.2 Å². The maximum absolute atomic E-state index is 11.7. The van der Waals surface area contributed by atoms with Crippen molar-refractivity contribution in [3.8, 4) is 0 Å². The van der Waals surface area contributed by atoms with Gasteiger partial charge in [0.15, 0.2) is 11.0 Å². The van der Waals surface area contributed by atoms with Gasteiger partial charge >= 0.3 is 5.38 Å². The van der Waals surface area contributed by atoms with Crippen LogP contribution in [0.2, 0.25) is 0 Å². The molecular weight excluding hydrogens is 199 g/mol. The molecule has 0 rings (SSSR count). The summed E-state index contributed by atoms with van der Waals surface area (Å²) in [6, 6.07) is 0. The predicted octanol–water partition coefficient (Wildman–Crippen LogP) is 2.96. The second-order valence-corrected chi connectivity index (χ2v) is 2.67. The Labute approximate surface area is 64.9 Å². The van der Waals surface area contributed by atoms with Crippen LogP contribution in [0.4, 0.5) is 13.2 Å². The molecule has 2 unspecified atom stereocenters. The number of rotatable bonds is 2. The minimum Gasteiger partial charge on any atom is -0.228 e. The molecule has 0 aliphatic carbocycles. The largest absolute Gasteiger partial charge is 0.341 e. The first-order chi connectivity index (χ1) is 3.85. The zero-order valence-electron chi connectivity index (χ0n) is 3.92. The van der Waals surface area contributed by atoms with E-state index < -0.39 is 16.4 Å². The first kappa shape index (κ1) is 9.66. The summed E-state index contributed by atoms with van der Waals surface area (Å²) in [5.41, 5.74) is -2.33. The Morgan fingerprint density at radius 2 is 1.56 bits per heavy atom. The molecule has 0 bridgehead atoms. The molecule has 0 aliphatic rings. The van der Waals surface area contributed by atoms with E-state index in [1.165, 1.54) is 0 Å². The Balaban J connectivity index is 3.88. The molecule has 0 spiro atoms. The van der Waals surface area contributed by atoms with Gasteiger partial charge in [-0.1, -0.05) is 11.6 Å². The zero-order valence-corrected chi connectivity index (χ0v) is 6.19. The topological polar surface area (TPSA) is 0 Å². The van der Waals surface area contributed by atoms with Crippen molar-refractivity contribution in [1.82, 2.24) is 0 Å². The molecule has 0 N–H and O–H groups in total. The van der Waals surface area contributed by atoms with Crippen LogP contribution in [0.1, 0.15) is 0 Å². The Bertz CT molecular complexity index is 88.8. The fourth-order valence-corrected chi connectivity index (χ4v) is 0.476. The highest BCUT2D eigenvalue weighted by Gasteiger charge is 2.40. The average Bonchev–Trinajstić information content (AvgIpc) is 1.62. The highest BCUT2D eigenvalue weighted by Crippen LogP contribution is 2.32. The highest BCUT2D eigenvalue weighted by atomic mass is 35.5.